The third kappa shape index (κ3) is 5.07. The fourth-order valence-electron chi connectivity index (χ4n) is 4.25. The van der Waals surface area contributed by atoms with Crippen molar-refractivity contribution < 1.29 is 4.74 Å². The summed E-state index contributed by atoms with van der Waals surface area (Å²) in [4.78, 5) is 12.3. The van der Waals surface area contributed by atoms with Gasteiger partial charge in [0.05, 0.1) is 35.8 Å². The van der Waals surface area contributed by atoms with Crippen LogP contribution in [0.4, 0.5) is 5.69 Å². The molecule has 6 rings (SSSR count). The summed E-state index contributed by atoms with van der Waals surface area (Å²) < 4.78 is 5.51. The van der Waals surface area contributed by atoms with Crippen LogP contribution in [-0.2, 0) is 4.74 Å². The number of morpholine rings is 1. The van der Waals surface area contributed by atoms with Crippen molar-refractivity contribution in [3.63, 3.8) is 0 Å². The topological polar surface area (TPSA) is 86.9 Å². The Balaban J connectivity index is 0.000000180. The monoisotopic (exact) mass is 430 g/mol. The number of aromatic amines is 1. The Morgan fingerprint density at radius 1 is 1.00 bits per heavy atom. The van der Waals surface area contributed by atoms with Crippen LogP contribution in [0, 0.1) is 0 Å². The molecule has 0 spiro atoms. The van der Waals surface area contributed by atoms with E-state index in [0.29, 0.717) is 12.6 Å². The van der Waals surface area contributed by atoms with E-state index in [9.17, 15) is 0 Å². The molecule has 2 aromatic heterocycles. The summed E-state index contributed by atoms with van der Waals surface area (Å²) >= 11 is 0. The zero-order chi connectivity index (χ0) is 21.6. The van der Waals surface area contributed by atoms with Crippen molar-refractivity contribution >= 4 is 27.6 Å². The van der Waals surface area contributed by atoms with Crippen LogP contribution in [0.3, 0.4) is 0 Å². The second-order valence-corrected chi connectivity index (χ2v) is 8.32. The molecule has 2 aromatic carbocycles. The summed E-state index contributed by atoms with van der Waals surface area (Å²) in [6.07, 6.45) is 4.27. The molecule has 0 radical (unpaired) electrons. The Labute approximate surface area is 188 Å². The average molecular weight is 431 g/mol. The number of nitrogens with zero attached hydrogens (tertiary/aromatic N) is 2. The maximum Gasteiger partial charge on any atom is 0.126 e. The molecular weight excluding hydrogens is 400 g/mol. The molecule has 2 atom stereocenters. The lowest BCUT2D eigenvalue weighted by atomic mass is 10.1. The zero-order valence-electron chi connectivity index (χ0n) is 18.2. The van der Waals surface area contributed by atoms with E-state index in [1.54, 1.807) is 0 Å². The predicted octanol–water partition coefficient (Wildman–Crippen LogP) is 3.62. The number of fused-ring (bicyclic) bond motifs is 2. The number of nitrogens with one attached hydrogen (secondary N) is 4. The van der Waals surface area contributed by atoms with Gasteiger partial charge in [0.1, 0.15) is 5.82 Å². The minimum atomic E-state index is 0.167. The molecule has 0 bridgehead atoms. The standard InChI is InChI=1S/C16H23N5O.C9H7N/c1-2-12(9-17-5-1)19-11-3-4-13-14(8-11)21-16(20-13)15-10-22-7-6-18-15;1-2-6-9-8(4-1)5-3-7-10-9/h3-4,8,12,15,17-19H,1-2,5-7,9-10H2,(H,20,21);1-7H. The molecule has 2 aliphatic rings. The number of pyridine rings is 1. The lowest BCUT2D eigenvalue weighted by Gasteiger charge is -2.24. The van der Waals surface area contributed by atoms with E-state index in [1.165, 1.54) is 18.2 Å². The molecule has 2 unspecified atom stereocenters. The molecule has 32 heavy (non-hydrogen) atoms. The molecule has 0 aliphatic carbocycles. The molecule has 4 aromatic rings. The van der Waals surface area contributed by atoms with Gasteiger partial charge in [-0.15, -0.1) is 0 Å². The summed E-state index contributed by atoms with van der Waals surface area (Å²) in [7, 11) is 0. The fraction of sp³-hybridized carbons (Fsp3) is 0.360. The van der Waals surface area contributed by atoms with E-state index in [1.807, 2.05) is 30.5 Å². The zero-order valence-corrected chi connectivity index (χ0v) is 18.2. The number of imidazole rings is 1. The number of hydrogen-bond acceptors (Lipinski definition) is 6. The van der Waals surface area contributed by atoms with Crippen molar-refractivity contribution in [1.29, 1.82) is 0 Å². The number of aromatic nitrogens is 3. The van der Waals surface area contributed by atoms with Crippen molar-refractivity contribution in [2.45, 2.75) is 24.9 Å². The van der Waals surface area contributed by atoms with Gasteiger partial charge in [-0.3, -0.25) is 4.98 Å². The fourth-order valence-corrected chi connectivity index (χ4v) is 4.25. The third-order valence-corrected chi connectivity index (χ3v) is 5.93. The summed E-state index contributed by atoms with van der Waals surface area (Å²) in [5.74, 6) is 0.964. The van der Waals surface area contributed by atoms with Crippen LogP contribution >= 0.6 is 0 Å². The van der Waals surface area contributed by atoms with Crippen LogP contribution in [0.25, 0.3) is 21.9 Å². The number of H-pyrrole nitrogens is 1. The van der Waals surface area contributed by atoms with Crippen LogP contribution < -0.4 is 16.0 Å². The van der Waals surface area contributed by atoms with E-state index in [2.05, 4.69) is 56.3 Å². The highest BCUT2D eigenvalue weighted by atomic mass is 16.5. The number of anilines is 1. The quantitative estimate of drug-likeness (QED) is 0.397. The maximum absolute atomic E-state index is 5.51. The number of hydrogen-bond donors (Lipinski definition) is 4. The largest absolute Gasteiger partial charge is 0.381 e. The summed E-state index contributed by atoms with van der Waals surface area (Å²) in [5, 5.41) is 11.7. The summed E-state index contributed by atoms with van der Waals surface area (Å²) in [6, 6.07) is 19.1. The second-order valence-electron chi connectivity index (χ2n) is 8.32. The van der Waals surface area contributed by atoms with E-state index in [-0.39, 0.29) is 6.04 Å². The highest BCUT2D eigenvalue weighted by molar-refractivity contribution is 5.79. The van der Waals surface area contributed by atoms with Gasteiger partial charge in [0.25, 0.3) is 0 Å². The SMILES string of the molecule is c1cc2[nH]c(C3COCCN3)nc2cc1NC1CCCNC1.c1ccc2ncccc2c1. The molecule has 4 N–H and O–H groups in total. The molecule has 2 saturated heterocycles. The Morgan fingerprint density at radius 2 is 1.94 bits per heavy atom. The second kappa shape index (κ2) is 10.1. The van der Waals surface area contributed by atoms with Crippen LogP contribution in [0.15, 0.2) is 60.8 Å². The first-order valence-electron chi connectivity index (χ1n) is 11.4. The minimum Gasteiger partial charge on any atom is -0.381 e. The average Bonchev–Trinajstić information content (AvgIpc) is 3.29. The Hall–Kier alpha value is -3.00. The summed E-state index contributed by atoms with van der Waals surface area (Å²) in [6.45, 7) is 4.51. The van der Waals surface area contributed by atoms with E-state index in [0.717, 1.165) is 54.3 Å². The van der Waals surface area contributed by atoms with Gasteiger partial charge in [-0.2, -0.15) is 0 Å². The van der Waals surface area contributed by atoms with Gasteiger partial charge in [-0.25, -0.2) is 4.98 Å². The molecule has 0 saturated carbocycles. The lowest BCUT2D eigenvalue weighted by Crippen LogP contribution is -2.38. The molecule has 2 aliphatic heterocycles. The van der Waals surface area contributed by atoms with Crippen molar-refractivity contribution in [2.75, 3.05) is 38.2 Å². The number of piperidine rings is 1. The Kier molecular flexibility index (Phi) is 6.58. The molecular formula is C25H30N6O. The number of benzene rings is 2. The first kappa shape index (κ1) is 20.9. The maximum atomic E-state index is 5.51. The van der Waals surface area contributed by atoms with Crippen LogP contribution in [0.2, 0.25) is 0 Å². The number of para-hydroxylation sites is 1. The lowest BCUT2D eigenvalue weighted by molar-refractivity contribution is 0.0746. The Bertz CT molecular complexity index is 1080. The highest BCUT2D eigenvalue weighted by Gasteiger charge is 2.19. The van der Waals surface area contributed by atoms with Crippen LogP contribution in [0.5, 0.6) is 0 Å². The normalized spacial score (nSPS) is 21.1. The van der Waals surface area contributed by atoms with Gasteiger partial charge < -0.3 is 25.7 Å². The smallest absolute Gasteiger partial charge is 0.126 e. The predicted molar refractivity (Wildman–Crippen MR) is 129 cm³/mol. The number of ether oxygens (including phenoxy) is 1. The molecule has 166 valence electrons. The first-order chi connectivity index (χ1) is 15.8. The molecule has 0 amide bonds. The van der Waals surface area contributed by atoms with Gasteiger partial charge >= 0.3 is 0 Å². The van der Waals surface area contributed by atoms with Gasteiger partial charge in [0.2, 0.25) is 0 Å². The van der Waals surface area contributed by atoms with Gasteiger partial charge in [-0.05, 0) is 49.7 Å². The van der Waals surface area contributed by atoms with E-state index < -0.39 is 0 Å². The molecule has 4 heterocycles. The van der Waals surface area contributed by atoms with Crippen LogP contribution in [0.1, 0.15) is 24.7 Å². The third-order valence-electron chi connectivity index (χ3n) is 5.93. The molecule has 7 heteroatoms. The summed E-state index contributed by atoms with van der Waals surface area (Å²) in [5.41, 5.74) is 4.29. The van der Waals surface area contributed by atoms with Gasteiger partial charge in [0.15, 0.2) is 0 Å². The molecule has 2 fully saturated rings. The molecule has 7 nitrogen and oxygen atoms in total. The van der Waals surface area contributed by atoms with Crippen molar-refractivity contribution in [3.8, 4) is 0 Å². The van der Waals surface area contributed by atoms with Crippen molar-refractivity contribution in [1.82, 2.24) is 25.6 Å². The van der Waals surface area contributed by atoms with Crippen LogP contribution in [-0.4, -0.2) is 53.8 Å². The Morgan fingerprint density at radius 3 is 2.78 bits per heavy atom. The minimum absolute atomic E-state index is 0.167. The van der Waals surface area contributed by atoms with Crippen molar-refractivity contribution in [3.05, 3.63) is 66.6 Å². The van der Waals surface area contributed by atoms with Gasteiger partial charge in [0, 0.05) is 36.4 Å². The highest BCUT2D eigenvalue weighted by Crippen LogP contribution is 2.22. The van der Waals surface area contributed by atoms with E-state index in [4.69, 9.17) is 9.72 Å². The number of rotatable bonds is 3. The van der Waals surface area contributed by atoms with Crippen molar-refractivity contribution in [2.24, 2.45) is 0 Å². The van der Waals surface area contributed by atoms with Gasteiger partial charge in [-0.1, -0.05) is 24.3 Å². The van der Waals surface area contributed by atoms with E-state index >= 15 is 0 Å². The first-order valence-corrected chi connectivity index (χ1v) is 11.4.